The fourth-order valence-corrected chi connectivity index (χ4v) is 4.43. The maximum absolute atomic E-state index is 13.1. The summed E-state index contributed by atoms with van der Waals surface area (Å²) in [6.45, 7) is 0. The fourth-order valence-electron chi connectivity index (χ4n) is 4.43. The van der Waals surface area contributed by atoms with Crippen molar-refractivity contribution in [3.05, 3.63) is 99.7 Å². The van der Waals surface area contributed by atoms with Crippen LogP contribution < -0.4 is 15.6 Å². The molecule has 2 heterocycles. The number of hydrogen-bond acceptors (Lipinski definition) is 10. The molecule has 0 aliphatic heterocycles. The zero-order valence-corrected chi connectivity index (χ0v) is 20.3. The minimum atomic E-state index is -0.546. The Balaban J connectivity index is 1.33. The maximum Gasteiger partial charge on any atom is 0.204 e. The highest BCUT2D eigenvalue weighted by Gasteiger charge is 2.17. The molecule has 2 aromatic heterocycles. The van der Waals surface area contributed by atoms with Gasteiger partial charge >= 0.3 is 0 Å². The van der Waals surface area contributed by atoms with Crippen LogP contribution in [0.5, 0.6) is 40.2 Å². The number of hydrogen-bond donors (Lipinski definition) is 5. The van der Waals surface area contributed by atoms with Crippen molar-refractivity contribution in [3.8, 4) is 62.5 Å². The monoisotopic (exact) mass is 538 g/mol. The van der Waals surface area contributed by atoms with Crippen molar-refractivity contribution in [3.63, 3.8) is 0 Å². The first-order valence-electron chi connectivity index (χ1n) is 11.8. The van der Waals surface area contributed by atoms with Crippen molar-refractivity contribution < 1.29 is 39.1 Å². The topological polar surface area (TPSA) is 171 Å². The second-order valence-corrected chi connectivity index (χ2v) is 8.94. The molecule has 10 heteroatoms. The maximum atomic E-state index is 13.1. The molecule has 0 atom stereocenters. The number of phenols is 5. The van der Waals surface area contributed by atoms with Gasteiger partial charge < -0.3 is 39.1 Å². The smallest absolute Gasteiger partial charge is 0.204 e. The van der Waals surface area contributed by atoms with Gasteiger partial charge in [0, 0.05) is 24.3 Å². The first kappa shape index (κ1) is 24.4. The van der Waals surface area contributed by atoms with Crippen molar-refractivity contribution in [2.24, 2.45) is 0 Å². The van der Waals surface area contributed by atoms with Crippen molar-refractivity contribution in [1.82, 2.24) is 0 Å². The number of aromatic hydroxyl groups is 5. The van der Waals surface area contributed by atoms with Crippen LogP contribution in [0.1, 0.15) is 0 Å². The molecule has 0 amide bonds. The second kappa shape index (κ2) is 9.14. The van der Waals surface area contributed by atoms with Gasteiger partial charge in [-0.1, -0.05) is 18.2 Å². The Morgan fingerprint density at radius 2 is 1.05 bits per heavy atom. The summed E-state index contributed by atoms with van der Waals surface area (Å²) in [4.78, 5) is 26.0. The van der Waals surface area contributed by atoms with Gasteiger partial charge in [0.1, 0.15) is 63.2 Å². The Labute approximate surface area is 223 Å². The Morgan fingerprint density at radius 3 is 1.60 bits per heavy atom. The summed E-state index contributed by atoms with van der Waals surface area (Å²) in [6.07, 6.45) is 2.41. The molecule has 198 valence electrons. The van der Waals surface area contributed by atoms with Crippen molar-refractivity contribution in [2.75, 3.05) is 0 Å². The van der Waals surface area contributed by atoms with Crippen LogP contribution in [0.15, 0.2) is 97.7 Å². The third-order valence-corrected chi connectivity index (χ3v) is 6.35. The summed E-state index contributed by atoms with van der Waals surface area (Å²) < 4.78 is 16.7. The van der Waals surface area contributed by atoms with Gasteiger partial charge in [-0.2, -0.15) is 0 Å². The predicted octanol–water partition coefficient (Wildman–Crippen LogP) is 5.55. The van der Waals surface area contributed by atoms with E-state index < -0.39 is 22.4 Å². The first-order chi connectivity index (χ1) is 19.2. The van der Waals surface area contributed by atoms with Crippen LogP contribution in [-0.2, 0) is 0 Å². The molecule has 10 nitrogen and oxygen atoms in total. The predicted molar refractivity (Wildman–Crippen MR) is 144 cm³/mol. The molecule has 0 aliphatic rings. The Bertz CT molecular complexity index is 2070. The average molecular weight is 538 g/mol. The van der Waals surface area contributed by atoms with E-state index in [-0.39, 0.29) is 56.1 Å². The molecule has 6 rings (SSSR count). The van der Waals surface area contributed by atoms with E-state index in [9.17, 15) is 35.1 Å². The molecule has 0 spiro atoms. The van der Waals surface area contributed by atoms with Crippen LogP contribution in [0.2, 0.25) is 0 Å². The average Bonchev–Trinajstić information content (AvgIpc) is 2.90. The summed E-state index contributed by atoms with van der Waals surface area (Å²) in [7, 11) is 0. The number of benzene rings is 4. The van der Waals surface area contributed by atoms with Crippen LogP contribution >= 0.6 is 0 Å². The molecule has 0 saturated heterocycles. The van der Waals surface area contributed by atoms with Gasteiger partial charge in [-0.3, -0.25) is 9.59 Å². The van der Waals surface area contributed by atoms with Gasteiger partial charge in [-0.15, -0.1) is 0 Å². The van der Waals surface area contributed by atoms with Crippen molar-refractivity contribution >= 4 is 21.9 Å². The van der Waals surface area contributed by atoms with Crippen LogP contribution in [0.4, 0.5) is 0 Å². The summed E-state index contributed by atoms with van der Waals surface area (Å²) in [5.74, 6) is -1.23. The SMILES string of the molecule is O=c1c(-c2ccc(Oc3cc(-c4coc5cc(O)cc(O)c5c4=O)ccc3O)cc2)coc2cc(O)cc(O)c12. The number of rotatable bonds is 4. The van der Waals surface area contributed by atoms with E-state index in [1.807, 2.05) is 0 Å². The second-order valence-electron chi connectivity index (χ2n) is 8.94. The van der Waals surface area contributed by atoms with Crippen molar-refractivity contribution in [1.29, 1.82) is 0 Å². The third-order valence-electron chi connectivity index (χ3n) is 6.35. The zero-order chi connectivity index (χ0) is 28.1. The number of ether oxygens (including phenoxy) is 1. The molecule has 0 radical (unpaired) electrons. The van der Waals surface area contributed by atoms with Crippen LogP contribution in [0.25, 0.3) is 44.2 Å². The standard InChI is InChI=1S/C30H18O10/c31-16-8-22(34)27-25(10-16)38-12-19(29(27)36)14-1-4-18(5-2-14)40-24-7-15(3-6-21(24)33)20-13-39-26-11-17(32)9-23(35)28(26)30(20)37/h1-13,31-35H. The zero-order valence-electron chi connectivity index (χ0n) is 20.3. The molecule has 4 aromatic carbocycles. The Kier molecular flexibility index (Phi) is 5.58. The number of fused-ring (bicyclic) bond motifs is 2. The van der Waals surface area contributed by atoms with Gasteiger partial charge in [0.05, 0.1) is 11.1 Å². The minimum Gasteiger partial charge on any atom is -0.508 e. The Hall–Kier alpha value is -5.90. The molecule has 0 bridgehead atoms. The lowest BCUT2D eigenvalue weighted by Gasteiger charge is -2.11. The molecular weight excluding hydrogens is 520 g/mol. The molecule has 0 fully saturated rings. The Morgan fingerprint density at radius 1 is 0.550 bits per heavy atom. The van der Waals surface area contributed by atoms with E-state index in [1.54, 1.807) is 24.3 Å². The molecule has 0 aliphatic carbocycles. The quantitative estimate of drug-likeness (QED) is 0.192. The summed E-state index contributed by atoms with van der Waals surface area (Å²) >= 11 is 0. The minimum absolute atomic E-state index is 0.00963. The molecule has 5 N–H and O–H groups in total. The molecule has 0 saturated carbocycles. The van der Waals surface area contributed by atoms with Gasteiger partial charge in [-0.05, 0) is 35.4 Å². The lowest BCUT2D eigenvalue weighted by Crippen LogP contribution is -2.05. The first-order valence-corrected chi connectivity index (χ1v) is 11.8. The molecule has 6 aromatic rings. The summed E-state index contributed by atoms with van der Waals surface area (Å²) in [5.41, 5.74) is 0.0761. The highest BCUT2D eigenvalue weighted by Crippen LogP contribution is 2.36. The van der Waals surface area contributed by atoms with Crippen molar-refractivity contribution in [2.45, 2.75) is 0 Å². The largest absolute Gasteiger partial charge is 0.508 e. The van der Waals surface area contributed by atoms with Crippen LogP contribution in [-0.4, -0.2) is 25.5 Å². The van der Waals surface area contributed by atoms with Crippen LogP contribution in [0, 0.1) is 0 Å². The van der Waals surface area contributed by atoms with E-state index in [0.717, 1.165) is 12.1 Å². The van der Waals surface area contributed by atoms with Gasteiger partial charge in [0.25, 0.3) is 0 Å². The number of phenolic OH excluding ortho intramolecular Hbond substituents is 5. The molecule has 0 unspecified atom stereocenters. The lowest BCUT2D eigenvalue weighted by molar-refractivity contribution is 0.411. The highest BCUT2D eigenvalue weighted by molar-refractivity contribution is 5.89. The van der Waals surface area contributed by atoms with E-state index in [4.69, 9.17) is 13.6 Å². The van der Waals surface area contributed by atoms with Crippen LogP contribution in [0.3, 0.4) is 0 Å². The lowest BCUT2D eigenvalue weighted by atomic mass is 10.0. The fraction of sp³-hybridized carbons (Fsp3) is 0. The molecule has 40 heavy (non-hydrogen) atoms. The van der Waals surface area contributed by atoms with E-state index in [1.165, 1.54) is 42.9 Å². The third kappa shape index (κ3) is 4.09. The van der Waals surface area contributed by atoms with E-state index in [2.05, 4.69) is 0 Å². The summed E-state index contributed by atoms with van der Waals surface area (Å²) in [6, 6.07) is 15.0. The van der Waals surface area contributed by atoms with E-state index in [0.29, 0.717) is 16.9 Å². The summed E-state index contributed by atoms with van der Waals surface area (Å²) in [5, 5.41) is 49.8. The van der Waals surface area contributed by atoms with Gasteiger partial charge in [0.15, 0.2) is 11.5 Å². The highest BCUT2D eigenvalue weighted by atomic mass is 16.5. The molecular formula is C30H18O10. The van der Waals surface area contributed by atoms with Gasteiger partial charge in [0.2, 0.25) is 10.9 Å². The van der Waals surface area contributed by atoms with Gasteiger partial charge in [-0.25, -0.2) is 0 Å². The normalized spacial score (nSPS) is 11.2. The van der Waals surface area contributed by atoms with E-state index >= 15 is 0 Å².